The van der Waals surface area contributed by atoms with E-state index in [0.717, 1.165) is 0 Å². The van der Waals surface area contributed by atoms with E-state index in [1.165, 1.54) is 29.3 Å². The van der Waals surface area contributed by atoms with E-state index in [1.807, 2.05) is 0 Å². The Kier molecular flexibility index (Phi) is 2.79. The molecular formula is C15H21N. The summed E-state index contributed by atoms with van der Waals surface area (Å²) in [5, 5.41) is 1.41. The second-order valence-electron chi connectivity index (χ2n) is 5.84. The van der Waals surface area contributed by atoms with Crippen molar-refractivity contribution in [2.24, 2.45) is 12.5 Å². The van der Waals surface area contributed by atoms with Crippen LogP contribution in [0, 0.1) is 5.41 Å². The molecule has 1 aromatic heterocycles. The Morgan fingerprint density at radius 3 is 2.50 bits per heavy atom. The molecule has 0 unspecified atom stereocenters. The fourth-order valence-corrected chi connectivity index (χ4v) is 2.13. The number of aromatic nitrogens is 1. The van der Waals surface area contributed by atoms with Crippen molar-refractivity contribution < 1.29 is 0 Å². The molecule has 0 bridgehead atoms. The number of nitrogens with zero attached hydrogens (tertiary/aromatic N) is 1. The van der Waals surface area contributed by atoms with E-state index in [2.05, 4.69) is 62.8 Å². The topological polar surface area (TPSA) is 4.93 Å². The fraction of sp³-hybridized carbons (Fsp3) is 0.467. The molecule has 0 fully saturated rings. The highest BCUT2D eigenvalue weighted by Gasteiger charge is 2.12. The summed E-state index contributed by atoms with van der Waals surface area (Å²) in [4.78, 5) is 0. The Labute approximate surface area is 98.1 Å². The first-order valence-corrected chi connectivity index (χ1v) is 6.00. The highest BCUT2D eigenvalue weighted by atomic mass is 14.9. The summed E-state index contributed by atoms with van der Waals surface area (Å²) in [6, 6.07) is 8.65. The lowest BCUT2D eigenvalue weighted by Crippen LogP contribution is -2.06. The highest BCUT2D eigenvalue weighted by Crippen LogP contribution is 2.26. The molecule has 0 radical (unpaired) electrons. The molecule has 0 amide bonds. The van der Waals surface area contributed by atoms with E-state index in [1.54, 1.807) is 0 Å². The smallest absolute Gasteiger partial charge is 0.0480 e. The quantitative estimate of drug-likeness (QED) is 0.709. The molecule has 0 aliphatic carbocycles. The maximum Gasteiger partial charge on any atom is 0.0480 e. The molecule has 0 atom stereocenters. The number of fused-ring (bicyclic) bond motifs is 1. The van der Waals surface area contributed by atoms with Gasteiger partial charge in [-0.1, -0.05) is 39.0 Å². The summed E-state index contributed by atoms with van der Waals surface area (Å²) in [5.41, 5.74) is 3.23. The lowest BCUT2D eigenvalue weighted by molar-refractivity contribution is 0.378. The minimum atomic E-state index is 0.414. The van der Waals surface area contributed by atoms with Crippen LogP contribution >= 0.6 is 0 Å². The molecule has 0 N–H and O–H groups in total. The first-order chi connectivity index (χ1) is 7.47. The zero-order chi connectivity index (χ0) is 11.8. The van der Waals surface area contributed by atoms with Crippen LogP contribution in [0.2, 0.25) is 0 Å². The van der Waals surface area contributed by atoms with Gasteiger partial charge in [0.2, 0.25) is 0 Å². The van der Waals surface area contributed by atoms with E-state index in [0.29, 0.717) is 5.41 Å². The van der Waals surface area contributed by atoms with Gasteiger partial charge >= 0.3 is 0 Å². The molecule has 0 saturated heterocycles. The maximum atomic E-state index is 2.30. The van der Waals surface area contributed by atoms with Gasteiger partial charge in [-0.2, -0.15) is 0 Å². The molecule has 1 nitrogen and oxygen atoms in total. The van der Waals surface area contributed by atoms with Gasteiger partial charge in [-0.25, -0.2) is 0 Å². The first kappa shape index (κ1) is 11.3. The summed E-state index contributed by atoms with van der Waals surface area (Å²) >= 11 is 0. The summed E-state index contributed by atoms with van der Waals surface area (Å²) in [5.74, 6) is 0. The molecule has 16 heavy (non-hydrogen) atoms. The number of hydrogen-bond donors (Lipinski definition) is 0. The van der Waals surface area contributed by atoms with Crippen LogP contribution in [0.3, 0.4) is 0 Å². The van der Waals surface area contributed by atoms with E-state index in [-0.39, 0.29) is 0 Å². The van der Waals surface area contributed by atoms with E-state index < -0.39 is 0 Å². The van der Waals surface area contributed by atoms with Crippen LogP contribution in [0.4, 0.5) is 0 Å². The maximum absolute atomic E-state index is 2.30. The largest absolute Gasteiger partial charge is 0.350 e. The van der Waals surface area contributed by atoms with Gasteiger partial charge in [0.1, 0.15) is 0 Å². The van der Waals surface area contributed by atoms with Gasteiger partial charge in [-0.15, -0.1) is 0 Å². The third kappa shape index (κ3) is 2.29. The number of rotatable bonds is 2. The average molecular weight is 215 g/mol. The standard InChI is InChI=1S/C15H21N/c1-15(2,3)10-9-12-11-16(4)14-8-6-5-7-13(12)14/h5-8,11H,9-10H2,1-4H3. The number of aryl methyl sites for hydroxylation is 2. The fourth-order valence-electron chi connectivity index (χ4n) is 2.13. The molecule has 86 valence electrons. The van der Waals surface area contributed by atoms with Crippen LogP contribution in [0.1, 0.15) is 32.8 Å². The third-order valence-electron chi connectivity index (χ3n) is 3.12. The van der Waals surface area contributed by atoms with Gasteiger partial charge in [0.05, 0.1) is 0 Å². The predicted octanol–water partition coefficient (Wildman–Crippen LogP) is 4.16. The molecule has 2 aromatic rings. The molecule has 1 heterocycles. The van der Waals surface area contributed by atoms with Crippen LogP contribution in [0.15, 0.2) is 30.5 Å². The van der Waals surface area contributed by atoms with Gasteiger partial charge in [0.15, 0.2) is 0 Å². The van der Waals surface area contributed by atoms with E-state index in [4.69, 9.17) is 0 Å². The lowest BCUT2D eigenvalue weighted by Gasteiger charge is -2.17. The molecule has 1 aromatic carbocycles. The van der Waals surface area contributed by atoms with Crippen LogP contribution in [0.5, 0.6) is 0 Å². The van der Waals surface area contributed by atoms with Crippen molar-refractivity contribution in [2.75, 3.05) is 0 Å². The van der Waals surface area contributed by atoms with Crippen LogP contribution in [0.25, 0.3) is 10.9 Å². The third-order valence-corrected chi connectivity index (χ3v) is 3.12. The first-order valence-electron chi connectivity index (χ1n) is 6.00. The minimum absolute atomic E-state index is 0.414. The minimum Gasteiger partial charge on any atom is -0.350 e. The molecule has 0 saturated carbocycles. The van der Waals surface area contributed by atoms with Crippen LogP contribution in [-0.2, 0) is 13.5 Å². The van der Waals surface area contributed by atoms with Crippen molar-refractivity contribution in [3.63, 3.8) is 0 Å². The summed E-state index contributed by atoms with van der Waals surface area (Å²) in [6.07, 6.45) is 4.68. The van der Waals surface area contributed by atoms with Crippen LogP contribution in [-0.4, -0.2) is 4.57 Å². The average Bonchev–Trinajstić information content (AvgIpc) is 2.53. The van der Waals surface area contributed by atoms with Gasteiger partial charge in [0, 0.05) is 24.1 Å². The Morgan fingerprint density at radius 2 is 1.81 bits per heavy atom. The molecule has 0 aliphatic rings. The second-order valence-corrected chi connectivity index (χ2v) is 5.84. The number of benzene rings is 1. The zero-order valence-electron chi connectivity index (χ0n) is 10.7. The Hall–Kier alpha value is -1.24. The van der Waals surface area contributed by atoms with Crippen molar-refractivity contribution >= 4 is 10.9 Å². The van der Waals surface area contributed by atoms with E-state index in [9.17, 15) is 0 Å². The van der Waals surface area contributed by atoms with Crippen molar-refractivity contribution in [2.45, 2.75) is 33.6 Å². The highest BCUT2D eigenvalue weighted by molar-refractivity contribution is 5.83. The lowest BCUT2D eigenvalue weighted by atomic mass is 9.89. The van der Waals surface area contributed by atoms with Crippen molar-refractivity contribution in [1.82, 2.24) is 4.57 Å². The Balaban J connectivity index is 2.31. The van der Waals surface area contributed by atoms with E-state index >= 15 is 0 Å². The molecule has 2 rings (SSSR count). The second kappa shape index (κ2) is 3.97. The SMILES string of the molecule is Cn1cc(CCC(C)(C)C)c2ccccc21. The predicted molar refractivity (Wildman–Crippen MR) is 70.7 cm³/mol. The van der Waals surface area contributed by atoms with Crippen molar-refractivity contribution in [1.29, 1.82) is 0 Å². The van der Waals surface area contributed by atoms with Crippen molar-refractivity contribution in [3.8, 4) is 0 Å². The normalized spacial score (nSPS) is 12.2. The van der Waals surface area contributed by atoms with Gasteiger partial charge in [-0.05, 0) is 29.9 Å². The van der Waals surface area contributed by atoms with Crippen molar-refractivity contribution in [3.05, 3.63) is 36.0 Å². The summed E-state index contributed by atoms with van der Waals surface area (Å²) in [6.45, 7) is 6.91. The Morgan fingerprint density at radius 1 is 1.12 bits per heavy atom. The van der Waals surface area contributed by atoms with Gasteiger partial charge < -0.3 is 4.57 Å². The van der Waals surface area contributed by atoms with Crippen LogP contribution < -0.4 is 0 Å². The number of para-hydroxylation sites is 1. The molecule has 1 heteroatoms. The monoisotopic (exact) mass is 215 g/mol. The van der Waals surface area contributed by atoms with Gasteiger partial charge in [0.25, 0.3) is 0 Å². The Bertz CT molecular complexity index is 486. The molecular weight excluding hydrogens is 194 g/mol. The summed E-state index contributed by atoms with van der Waals surface area (Å²) < 4.78 is 2.23. The molecule has 0 spiro atoms. The molecule has 0 aliphatic heterocycles. The van der Waals surface area contributed by atoms with Gasteiger partial charge in [-0.3, -0.25) is 0 Å². The number of hydrogen-bond acceptors (Lipinski definition) is 0. The zero-order valence-corrected chi connectivity index (χ0v) is 10.7. The summed E-state index contributed by atoms with van der Waals surface area (Å²) in [7, 11) is 2.13.